The first kappa shape index (κ1) is 16.6. The van der Waals surface area contributed by atoms with E-state index >= 15 is 0 Å². The topological polar surface area (TPSA) is 47.6 Å². The van der Waals surface area contributed by atoms with Crippen molar-refractivity contribution in [3.63, 3.8) is 0 Å². The van der Waals surface area contributed by atoms with Crippen LogP contribution < -0.4 is 14.8 Å². The molecule has 0 bridgehead atoms. The molecule has 0 fully saturated rings. The first-order chi connectivity index (χ1) is 10.5. The molecule has 2 rings (SSSR count). The molecular weight excluding hydrogens is 393 g/mol. The second kappa shape index (κ2) is 7.49. The number of rotatable bonds is 5. The summed E-state index contributed by atoms with van der Waals surface area (Å²) in [6.07, 6.45) is 0. The van der Waals surface area contributed by atoms with Gasteiger partial charge in [-0.05, 0) is 78.4 Å². The van der Waals surface area contributed by atoms with E-state index in [9.17, 15) is 4.79 Å². The molecule has 22 heavy (non-hydrogen) atoms. The monoisotopic (exact) mass is 411 g/mol. The molecule has 0 aliphatic carbocycles. The van der Waals surface area contributed by atoms with E-state index in [0.29, 0.717) is 23.7 Å². The summed E-state index contributed by atoms with van der Waals surface area (Å²) in [6.45, 7) is 4.37. The molecule has 2 aromatic carbocycles. The fourth-order valence-corrected chi connectivity index (χ4v) is 2.69. The van der Waals surface area contributed by atoms with E-state index < -0.39 is 0 Å². The van der Waals surface area contributed by atoms with Gasteiger partial charge in [0.25, 0.3) is 5.91 Å². The molecule has 0 heterocycles. The highest BCUT2D eigenvalue weighted by Crippen LogP contribution is 2.28. The van der Waals surface area contributed by atoms with Crippen LogP contribution in [0.1, 0.15) is 22.8 Å². The van der Waals surface area contributed by atoms with Gasteiger partial charge in [0.15, 0.2) is 11.5 Å². The van der Waals surface area contributed by atoms with Crippen LogP contribution in [0.5, 0.6) is 11.5 Å². The van der Waals surface area contributed by atoms with Gasteiger partial charge in [-0.15, -0.1) is 0 Å². The lowest BCUT2D eigenvalue weighted by Crippen LogP contribution is -2.13. The van der Waals surface area contributed by atoms with Crippen LogP contribution in [0.2, 0.25) is 0 Å². The number of ether oxygens (including phenoxy) is 2. The molecule has 0 aliphatic heterocycles. The van der Waals surface area contributed by atoms with Gasteiger partial charge in [-0.3, -0.25) is 4.79 Å². The zero-order valence-electron chi connectivity index (χ0n) is 12.8. The summed E-state index contributed by atoms with van der Waals surface area (Å²) in [5.74, 6) is 1.01. The molecule has 0 atom stereocenters. The van der Waals surface area contributed by atoms with Crippen molar-refractivity contribution >= 4 is 34.2 Å². The van der Waals surface area contributed by atoms with Crippen LogP contribution in [0.25, 0.3) is 0 Å². The Labute approximate surface area is 144 Å². The number of carbonyl (C=O) groups excluding carboxylic acids is 1. The van der Waals surface area contributed by atoms with Crippen LogP contribution in [0.15, 0.2) is 36.4 Å². The zero-order valence-corrected chi connectivity index (χ0v) is 14.9. The van der Waals surface area contributed by atoms with Gasteiger partial charge in [0.05, 0.1) is 13.7 Å². The number of carbonyl (C=O) groups is 1. The van der Waals surface area contributed by atoms with Crippen LogP contribution >= 0.6 is 22.6 Å². The van der Waals surface area contributed by atoms with Gasteiger partial charge in [0, 0.05) is 14.8 Å². The number of nitrogens with one attached hydrogen (secondary N) is 1. The maximum atomic E-state index is 12.4. The van der Waals surface area contributed by atoms with Gasteiger partial charge < -0.3 is 14.8 Å². The molecule has 2 aromatic rings. The number of anilines is 1. The second-order valence-corrected chi connectivity index (χ2v) is 5.96. The van der Waals surface area contributed by atoms with Crippen molar-refractivity contribution in [1.82, 2.24) is 0 Å². The Morgan fingerprint density at radius 2 is 1.95 bits per heavy atom. The molecule has 0 saturated carbocycles. The van der Waals surface area contributed by atoms with Crippen molar-refractivity contribution in [1.29, 1.82) is 0 Å². The van der Waals surface area contributed by atoms with Crippen LogP contribution in [-0.4, -0.2) is 19.6 Å². The molecule has 5 heteroatoms. The van der Waals surface area contributed by atoms with E-state index in [1.54, 1.807) is 25.3 Å². The van der Waals surface area contributed by atoms with Crippen molar-refractivity contribution in [3.8, 4) is 11.5 Å². The van der Waals surface area contributed by atoms with E-state index in [-0.39, 0.29) is 5.91 Å². The summed E-state index contributed by atoms with van der Waals surface area (Å²) < 4.78 is 11.9. The standard InChI is InChI=1S/C17H18INO3/c1-4-22-16-10-12(5-8-15(16)21-3)17(20)19-14-7-6-13(18)9-11(14)2/h5-10H,4H2,1-3H3,(H,19,20). The third-order valence-corrected chi connectivity index (χ3v) is 3.83. The summed E-state index contributed by atoms with van der Waals surface area (Å²) in [6, 6.07) is 11.0. The largest absolute Gasteiger partial charge is 0.493 e. The quantitative estimate of drug-likeness (QED) is 0.749. The summed E-state index contributed by atoms with van der Waals surface area (Å²) in [5.41, 5.74) is 2.36. The third-order valence-electron chi connectivity index (χ3n) is 3.16. The van der Waals surface area contributed by atoms with E-state index in [1.165, 1.54) is 0 Å². The smallest absolute Gasteiger partial charge is 0.255 e. The Morgan fingerprint density at radius 3 is 2.59 bits per heavy atom. The Kier molecular flexibility index (Phi) is 5.65. The van der Waals surface area contributed by atoms with Crippen molar-refractivity contribution in [2.24, 2.45) is 0 Å². The van der Waals surface area contributed by atoms with Gasteiger partial charge in [-0.1, -0.05) is 0 Å². The summed E-state index contributed by atoms with van der Waals surface area (Å²) in [4.78, 5) is 12.4. The van der Waals surface area contributed by atoms with Crippen molar-refractivity contribution in [2.45, 2.75) is 13.8 Å². The normalized spacial score (nSPS) is 10.2. The highest BCUT2D eigenvalue weighted by atomic mass is 127. The van der Waals surface area contributed by atoms with Gasteiger partial charge >= 0.3 is 0 Å². The number of amides is 1. The summed E-state index contributed by atoms with van der Waals surface area (Å²) in [5, 5.41) is 2.92. The number of methoxy groups -OCH3 is 1. The first-order valence-corrected chi connectivity index (χ1v) is 8.01. The number of aryl methyl sites for hydroxylation is 1. The predicted octanol–water partition coefficient (Wildman–Crippen LogP) is 4.26. The highest BCUT2D eigenvalue weighted by Gasteiger charge is 2.12. The van der Waals surface area contributed by atoms with Crippen LogP contribution in [-0.2, 0) is 0 Å². The number of hydrogen-bond donors (Lipinski definition) is 1. The van der Waals surface area contributed by atoms with Crippen molar-refractivity contribution in [3.05, 3.63) is 51.1 Å². The van der Waals surface area contributed by atoms with Crippen molar-refractivity contribution in [2.75, 3.05) is 19.0 Å². The Balaban J connectivity index is 2.23. The maximum absolute atomic E-state index is 12.4. The van der Waals surface area contributed by atoms with Crippen molar-refractivity contribution < 1.29 is 14.3 Å². The van der Waals surface area contributed by atoms with E-state index in [0.717, 1.165) is 14.8 Å². The van der Waals surface area contributed by atoms with E-state index in [4.69, 9.17) is 9.47 Å². The second-order valence-electron chi connectivity index (χ2n) is 4.71. The lowest BCUT2D eigenvalue weighted by Gasteiger charge is -2.12. The molecule has 0 aliphatic rings. The molecule has 1 amide bonds. The minimum atomic E-state index is -0.173. The van der Waals surface area contributed by atoms with E-state index in [1.807, 2.05) is 32.0 Å². The zero-order chi connectivity index (χ0) is 16.1. The SMILES string of the molecule is CCOc1cc(C(=O)Nc2ccc(I)cc2C)ccc1OC. The molecule has 4 nitrogen and oxygen atoms in total. The lowest BCUT2D eigenvalue weighted by atomic mass is 10.1. The molecule has 1 N–H and O–H groups in total. The van der Waals surface area contributed by atoms with Crippen LogP contribution in [0, 0.1) is 10.5 Å². The number of hydrogen-bond acceptors (Lipinski definition) is 3. The molecule has 0 unspecified atom stereocenters. The molecular formula is C17H18INO3. The molecule has 116 valence electrons. The lowest BCUT2D eigenvalue weighted by molar-refractivity contribution is 0.102. The fraction of sp³-hybridized carbons (Fsp3) is 0.235. The van der Waals surface area contributed by atoms with Gasteiger partial charge in [-0.25, -0.2) is 0 Å². The molecule has 0 spiro atoms. The Hall–Kier alpha value is -1.76. The van der Waals surface area contributed by atoms with E-state index in [2.05, 4.69) is 27.9 Å². The van der Waals surface area contributed by atoms with Crippen LogP contribution in [0.3, 0.4) is 0 Å². The number of benzene rings is 2. The molecule has 0 radical (unpaired) electrons. The average Bonchev–Trinajstić information content (AvgIpc) is 2.50. The maximum Gasteiger partial charge on any atom is 0.255 e. The minimum absolute atomic E-state index is 0.173. The highest BCUT2D eigenvalue weighted by molar-refractivity contribution is 14.1. The molecule has 0 aromatic heterocycles. The molecule has 0 saturated heterocycles. The van der Waals surface area contributed by atoms with Gasteiger partial charge in [0.2, 0.25) is 0 Å². The third kappa shape index (κ3) is 3.91. The van der Waals surface area contributed by atoms with Gasteiger partial charge in [0.1, 0.15) is 0 Å². The minimum Gasteiger partial charge on any atom is -0.493 e. The number of halogens is 1. The Bertz CT molecular complexity index is 686. The van der Waals surface area contributed by atoms with Gasteiger partial charge in [-0.2, -0.15) is 0 Å². The predicted molar refractivity (Wildman–Crippen MR) is 96.0 cm³/mol. The average molecular weight is 411 g/mol. The fourth-order valence-electron chi connectivity index (χ4n) is 2.05. The van der Waals surface area contributed by atoms with Crippen LogP contribution in [0.4, 0.5) is 5.69 Å². The Morgan fingerprint density at radius 1 is 1.18 bits per heavy atom. The first-order valence-electron chi connectivity index (χ1n) is 6.93. The summed E-state index contributed by atoms with van der Waals surface area (Å²) in [7, 11) is 1.58. The summed E-state index contributed by atoms with van der Waals surface area (Å²) >= 11 is 2.25.